The number of hydrogen-bond acceptors (Lipinski definition) is 4. The van der Waals surface area contributed by atoms with Gasteiger partial charge in [-0.3, -0.25) is 4.79 Å². The van der Waals surface area contributed by atoms with Gasteiger partial charge in [-0.25, -0.2) is 9.67 Å². The van der Waals surface area contributed by atoms with Crippen LogP contribution in [0.1, 0.15) is 36.9 Å². The zero-order chi connectivity index (χ0) is 21.7. The van der Waals surface area contributed by atoms with Gasteiger partial charge in [-0.15, -0.1) is 0 Å². The summed E-state index contributed by atoms with van der Waals surface area (Å²) in [4.78, 5) is 20.5. The molecule has 9 heteroatoms. The Morgan fingerprint density at radius 2 is 2.03 bits per heavy atom. The van der Waals surface area contributed by atoms with Crippen LogP contribution < -0.4 is 0 Å². The molecule has 0 saturated carbocycles. The van der Waals surface area contributed by atoms with E-state index in [2.05, 4.69) is 15.0 Å². The molecule has 6 nitrogen and oxygen atoms in total. The third-order valence-electron chi connectivity index (χ3n) is 5.78. The first-order chi connectivity index (χ1) is 14.2. The molecule has 0 aliphatic carbocycles. The maximum atomic E-state index is 12.9. The number of rotatable bonds is 7. The first kappa shape index (κ1) is 22.3. The lowest BCUT2D eigenvalue weighted by molar-refractivity contribution is -0.137. The fourth-order valence-electron chi connectivity index (χ4n) is 3.91. The van der Waals surface area contributed by atoms with E-state index in [1.54, 1.807) is 22.0 Å². The summed E-state index contributed by atoms with van der Waals surface area (Å²) in [5.41, 5.74) is 0.117. The van der Waals surface area contributed by atoms with Crippen LogP contribution in [0.25, 0.3) is 0 Å². The van der Waals surface area contributed by atoms with E-state index < -0.39 is 11.7 Å². The van der Waals surface area contributed by atoms with Crippen molar-refractivity contribution in [2.24, 2.45) is 5.92 Å². The molecule has 1 fully saturated rings. The van der Waals surface area contributed by atoms with Gasteiger partial charge in [0.25, 0.3) is 0 Å². The van der Waals surface area contributed by atoms with Crippen LogP contribution >= 0.6 is 0 Å². The van der Waals surface area contributed by atoms with E-state index in [0.29, 0.717) is 24.4 Å². The standard InChI is InChI=1S/C21H28F3N5O/c1-16(29-15-25-14-26-29)20(30)27(2)13-18-7-10-28(11-8-18)9-6-17-4-3-5-19(12-17)21(22,23)24/h3-5,12,14-16,18H,6-11,13H2,1-2H3/t16-/m0/s1. The van der Waals surface area contributed by atoms with Crippen LogP contribution in [0.2, 0.25) is 0 Å². The molecule has 0 radical (unpaired) electrons. The Hall–Kier alpha value is -2.42. The van der Waals surface area contributed by atoms with Crippen molar-refractivity contribution >= 4 is 5.91 Å². The number of likely N-dealkylation sites (tertiary alicyclic amines) is 1. The molecular weight excluding hydrogens is 395 g/mol. The van der Waals surface area contributed by atoms with Crippen LogP contribution in [0.15, 0.2) is 36.9 Å². The van der Waals surface area contributed by atoms with Crippen molar-refractivity contribution in [3.63, 3.8) is 0 Å². The molecule has 164 valence electrons. The molecule has 1 aliphatic rings. The lowest BCUT2D eigenvalue weighted by Crippen LogP contribution is -2.41. The summed E-state index contributed by atoms with van der Waals surface area (Å²) in [6, 6.07) is 5.18. The molecule has 1 aromatic carbocycles. The maximum absolute atomic E-state index is 12.9. The first-order valence-corrected chi connectivity index (χ1v) is 10.2. The molecule has 0 unspecified atom stereocenters. The average molecular weight is 423 g/mol. The van der Waals surface area contributed by atoms with Crippen molar-refractivity contribution in [3.8, 4) is 0 Å². The molecule has 1 aliphatic heterocycles. The van der Waals surface area contributed by atoms with Crippen molar-refractivity contribution in [2.45, 2.75) is 38.4 Å². The fraction of sp³-hybridized carbons (Fsp3) is 0.571. The van der Waals surface area contributed by atoms with Gasteiger partial charge in [0.1, 0.15) is 18.7 Å². The van der Waals surface area contributed by atoms with E-state index >= 15 is 0 Å². The summed E-state index contributed by atoms with van der Waals surface area (Å²) in [6.07, 6.45) is 1.19. The van der Waals surface area contributed by atoms with E-state index in [-0.39, 0.29) is 11.9 Å². The van der Waals surface area contributed by atoms with Gasteiger partial charge in [0.15, 0.2) is 0 Å². The van der Waals surface area contributed by atoms with E-state index in [1.807, 2.05) is 14.0 Å². The third-order valence-corrected chi connectivity index (χ3v) is 5.78. The summed E-state index contributed by atoms with van der Waals surface area (Å²) >= 11 is 0. The highest BCUT2D eigenvalue weighted by atomic mass is 19.4. The number of carbonyl (C=O) groups is 1. The number of nitrogens with zero attached hydrogens (tertiary/aromatic N) is 5. The van der Waals surface area contributed by atoms with Crippen LogP contribution in [0.3, 0.4) is 0 Å². The highest BCUT2D eigenvalue weighted by molar-refractivity contribution is 5.79. The quantitative estimate of drug-likeness (QED) is 0.686. The number of piperidine rings is 1. The SMILES string of the molecule is C[C@@H](C(=O)N(C)CC1CCN(CCc2cccc(C(F)(F)F)c2)CC1)n1cncn1. The Morgan fingerprint density at radius 1 is 1.30 bits per heavy atom. The first-order valence-electron chi connectivity index (χ1n) is 10.2. The number of amides is 1. The molecule has 0 bridgehead atoms. The zero-order valence-corrected chi connectivity index (χ0v) is 17.3. The van der Waals surface area contributed by atoms with Crippen LogP contribution in [-0.4, -0.2) is 63.7 Å². The molecular formula is C21H28F3N5O. The minimum Gasteiger partial charge on any atom is -0.344 e. The van der Waals surface area contributed by atoms with Crippen molar-refractivity contribution in [2.75, 3.05) is 33.2 Å². The number of aromatic nitrogens is 3. The maximum Gasteiger partial charge on any atom is 0.416 e. The second kappa shape index (κ2) is 9.59. The number of hydrogen-bond donors (Lipinski definition) is 0. The topological polar surface area (TPSA) is 54.3 Å². The highest BCUT2D eigenvalue weighted by Gasteiger charge is 2.30. The van der Waals surface area contributed by atoms with E-state index in [1.165, 1.54) is 18.5 Å². The second-order valence-corrected chi connectivity index (χ2v) is 8.00. The van der Waals surface area contributed by atoms with Gasteiger partial charge >= 0.3 is 6.18 Å². The Morgan fingerprint density at radius 3 is 2.67 bits per heavy atom. The number of halogens is 3. The molecule has 2 aromatic rings. The van der Waals surface area contributed by atoms with Gasteiger partial charge in [-0.2, -0.15) is 18.3 Å². The normalized spacial score (nSPS) is 17.1. The zero-order valence-electron chi connectivity index (χ0n) is 17.3. The molecule has 0 N–H and O–H groups in total. The number of benzene rings is 1. The van der Waals surface area contributed by atoms with E-state index in [4.69, 9.17) is 0 Å². The Balaban J connectivity index is 1.42. The van der Waals surface area contributed by atoms with Crippen LogP contribution in [-0.2, 0) is 17.4 Å². The molecule has 1 atom stereocenters. The van der Waals surface area contributed by atoms with Crippen molar-refractivity contribution < 1.29 is 18.0 Å². The van der Waals surface area contributed by atoms with Crippen molar-refractivity contribution in [1.29, 1.82) is 0 Å². The minimum atomic E-state index is -4.30. The number of carbonyl (C=O) groups excluding carboxylic acids is 1. The molecule has 0 spiro atoms. The lowest BCUT2D eigenvalue weighted by atomic mass is 9.95. The Kier molecular flexibility index (Phi) is 7.12. The van der Waals surface area contributed by atoms with Gasteiger partial charge in [-0.1, -0.05) is 18.2 Å². The Bertz CT molecular complexity index is 816. The van der Waals surface area contributed by atoms with Crippen LogP contribution in [0.4, 0.5) is 13.2 Å². The monoisotopic (exact) mass is 423 g/mol. The molecule has 1 saturated heterocycles. The molecule has 1 aromatic heterocycles. The largest absolute Gasteiger partial charge is 0.416 e. The number of alkyl halides is 3. The lowest BCUT2D eigenvalue weighted by Gasteiger charge is -2.34. The van der Waals surface area contributed by atoms with Crippen LogP contribution in [0, 0.1) is 5.92 Å². The molecule has 3 rings (SSSR count). The van der Waals surface area contributed by atoms with Gasteiger partial charge in [0.2, 0.25) is 5.91 Å². The van der Waals surface area contributed by atoms with Crippen molar-refractivity contribution in [1.82, 2.24) is 24.6 Å². The third kappa shape index (κ3) is 5.81. The van der Waals surface area contributed by atoms with Gasteiger partial charge in [-0.05, 0) is 56.8 Å². The van der Waals surface area contributed by atoms with E-state index in [9.17, 15) is 18.0 Å². The van der Waals surface area contributed by atoms with E-state index in [0.717, 1.165) is 38.5 Å². The molecule has 1 amide bonds. The molecule has 30 heavy (non-hydrogen) atoms. The Labute approximate surface area is 174 Å². The van der Waals surface area contributed by atoms with Gasteiger partial charge in [0.05, 0.1) is 5.56 Å². The minimum absolute atomic E-state index is 0.00692. The molecule has 2 heterocycles. The highest BCUT2D eigenvalue weighted by Crippen LogP contribution is 2.29. The van der Waals surface area contributed by atoms with Gasteiger partial charge in [0, 0.05) is 20.1 Å². The summed E-state index contributed by atoms with van der Waals surface area (Å²) in [5.74, 6) is 0.430. The van der Waals surface area contributed by atoms with Crippen LogP contribution in [0.5, 0.6) is 0 Å². The fourth-order valence-corrected chi connectivity index (χ4v) is 3.91. The summed E-state index contributed by atoms with van der Waals surface area (Å²) < 4.78 is 40.1. The predicted molar refractivity (Wildman–Crippen MR) is 107 cm³/mol. The smallest absolute Gasteiger partial charge is 0.344 e. The van der Waals surface area contributed by atoms with Gasteiger partial charge < -0.3 is 9.80 Å². The summed E-state index contributed by atoms with van der Waals surface area (Å²) in [7, 11) is 1.82. The summed E-state index contributed by atoms with van der Waals surface area (Å²) in [6.45, 7) is 5.03. The van der Waals surface area contributed by atoms with Crippen molar-refractivity contribution in [3.05, 3.63) is 48.0 Å². The number of likely N-dealkylation sites (N-methyl/N-ethyl adjacent to an activating group) is 1. The summed E-state index contributed by atoms with van der Waals surface area (Å²) in [5, 5.41) is 4.03. The predicted octanol–water partition coefficient (Wildman–Crippen LogP) is 3.27. The average Bonchev–Trinajstić information content (AvgIpc) is 3.26. The second-order valence-electron chi connectivity index (χ2n) is 8.00.